The van der Waals surface area contributed by atoms with Crippen molar-refractivity contribution in [3.63, 3.8) is 0 Å². The first-order valence-electron chi connectivity index (χ1n) is 4.01. The third-order valence-electron chi connectivity index (χ3n) is 1.69. The predicted molar refractivity (Wildman–Crippen MR) is 46.9 cm³/mol. The molecule has 0 saturated carbocycles. The van der Waals surface area contributed by atoms with Gasteiger partial charge in [0, 0.05) is 11.8 Å². The van der Waals surface area contributed by atoms with E-state index in [0.717, 1.165) is 11.3 Å². The van der Waals surface area contributed by atoms with Gasteiger partial charge in [-0.25, -0.2) is 0 Å². The summed E-state index contributed by atoms with van der Waals surface area (Å²) in [5, 5.41) is 8.80. The Morgan fingerprint density at radius 1 is 1.50 bits per heavy atom. The number of hydrogen-bond acceptors (Lipinski definition) is 2. The molecule has 0 atom stereocenters. The monoisotopic (exact) mass is 163 g/mol. The van der Waals surface area contributed by atoms with Crippen LogP contribution in [0.1, 0.15) is 27.2 Å². The van der Waals surface area contributed by atoms with E-state index in [4.69, 9.17) is 10.00 Å². The number of ether oxygens (including phenoxy) is 1. The molecule has 0 bridgehead atoms. The van der Waals surface area contributed by atoms with Gasteiger partial charge in [-0.05, 0) is 6.08 Å². The second-order valence-corrected chi connectivity index (χ2v) is 3.86. The maximum Gasteiger partial charge on any atom is 0.122 e. The molecule has 1 heterocycles. The van der Waals surface area contributed by atoms with Crippen LogP contribution in [0.5, 0.6) is 0 Å². The van der Waals surface area contributed by atoms with Gasteiger partial charge in [-0.3, -0.25) is 0 Å². The van der Waals surface area contributed by atoms with E-state index < -0.39 is 0 Å². The Balaban J connectivity index is 3.00. The maximum atomic E-state index is 8.80. The van der Waals surface area contributed by atoms with Crippen LogP contribution in [-0.2, 0) is 4.74 Å². The van der Waals surface area contributed by atoms with Gasteiger partial charge in [0.2, 0.25) is 0 Å². The first-order valence-corrected chi connectivity index (χ1v) is 4.01. The topological polar surface area (TPSA) is 33.0 Å². The first-order chi connectivity index (χ1) is 5.55. The van der Waals surface area contributed by atoms with Crippen LogP contribution in [0.3, 0.4) is 0 Å². The molecule has 64 valence electrons. The molecule has 12 heavy (non-hydrogen) atoms. The SMILES string of the molecule is CC(C)(C)C1=C(C#N)CC=CO1. The van der Waals surface area contributed by atoms with E-state index in [0.29, 0.717) is 6.42 Å². The van der Waals surface area contributed by atoms with Gasteiger partial charge in [0.15, 0.2) is 0 Å². The summed E-state index contributed by atoms with van der Waals surface area (Å²) in [4.78, 5) is 0. The van der Waals surface area contributed by atoms with Crippen LogP contribution in [0.15, 0.2) is 23.7 Å². The molecular formula is C10H13NO. The molecule has 0 aromatic rings. The van der Waals surface area contributed by atoms with Crippen molar-refractivity contribution in [1.29, 1.82) is 5.26 Å². The molecule has 0 radical (unpaired) electrons. The summed E-state index contributed by atoms with van der Waals surface area (Å²) in [5.74, 6) is 0.799. The second-order valence-electron chi connectivity index (χ2n) is 3.86. The summed E-state index contributed by atoms with van der Waals surface area (Å²) in [7, 11) is 0. The Bertz CT molecular complexity index is 273. The molecule has 0 N–H and O–H groups in total. The standard InChI is InChI=1S/C10H13NO/c1-10(2,3)9-8(7-11)5-4-6-12-9/h4,6H,5H2,1-3H3. The molecule has 1 rings (SSSR count). The maximum absolute atomic E-state index is 8.80. The zero-order valence-electron chi connectivity index (χ0n) is 7.72. The minimum atomic E-state index is -0.0736. The largest absolute Gasteiger partial charge is 0.468 e. The highest BCUT2D eigenvalue weighted by molar-refractivity contribution is 5.31. The quantitative estimate of drug-likeness (QED) is 0.550. The van der Waals surface area contributed by atoms with E-state index in [1.54, 1.807) is 6.26 Å². The first kappa shape index (κ1) is 8.86. The Morgan fingerprint density at radius 2 is 2.17 bits per heavy atom. The van der Waals surface area contributed by atoms with Crippen LogP contribution in [0.25, 0.3) is 0 Å². The van der Waals surface area contributed by atoms with Crippen LogP contribution in [0.4, 0.5) is 0 Å². The molecular weight excluding hydrogens is 150 g/mol. The molecule has 0 aliphatic carbocycles. The van der Waals surface area contributed by atoms with E-state index in [1.165, 1.54) is 0 Å². The van der Waals surface area contributed by atoms with Gasteiger partial charge in [-0.1, -0.05) is 20.8 Å². The van der Waals surface area contributed by atoms with Crippen molar-refractivity contribution in [2.24, 2.45) is 5.41 Å². The molecule has 1 aliphatic rings. The van der Waals surface area contributed by atoms with E-state index in [-0.39, 0.29) is 5.41 Å². The summed E-state index contributed by atoms with van der Waals surface area (Å²) in [6.07, 6.45) is 4.21. The summed E-state index contributed by atoms with van der Waals surface area (Å²) >= 11 is 0. The van der Waals surface area contributed by atoms with Gasteiger partial charge in [0.1, 0.15) is 5.76 Å². The number of nitrogens with zero attached hydrogens (tertiary/aromatic N) is 1. The van der Waals surface area contributed by atoms with Gasteiger partial charge in [0.25, 0.3) is 0 Å². The van der Waals surface area contributed by atoms with E-state index in [9.17, 15) is 0 Å². The molecule has 0 saturated heterocycles. The Hall–Kier alpha value is -1.23. The zero-order valence-corrected chi connectivity index (χ0v) is 7.72. The van der Waals surface area contributed by atoms with Gasteiger partial charge in [0.05, 0.1) is 17.9 Å². The number of nitriles is 1. The van der Waals surface area contributed by atoms with Crippen molar-refractivity contribution in [3.8, 4) is 6.07 Å². The number of hydrogen-bond donors (Lipinski definition) is 0. The van der Waals surface area contributed by atoms with Crippen molar-refractivity contribution in [3.05, 3.63) is 23.7 Å². The fourth-order valence-corrected chi connectivity index (χ4v) is 1.17. The minimum Gasteiger partial charge on any atom is -0.468 e. The molecule has 2 nitrogen and oxygen atoms in total. The van der Waals surface area contributed by atoms with Crippen molar-refractivity contribution < 1.29 is 4.74 Å². The molecule has 0 aromatic heterocycles. The highest BCUT2D eigenvalue weighted by Gasteiger charge is 2.24. The molecule has 1 aliphatic heterocycles. The molecule has 0 fully saturated rings. The average molecular weight is 163 g/mol. The summed E-state index contributed by atoms with van der Waals surface area (Å²) in [6, 6.07) is 2.16. The number of rotatable bonds is 0. The predicted octanol–water partition coefficient (Wildman–Crippen LogP) is 2.74. The smallest absolute Gasteiger partial charge is 0.122 e. The number of allylic oxidation sites excluding steroid dienone is 3. The van der Waals surface area contributed by atoms with Gasteiger partial charge in [-0.15, -0.1) is 0 Å². The fraction of sp³-hybridized carbons (Fsp3) is 0.500. The molecule has 0 unspecified atom stereocenters. The van der Waals surface area contributed by atoms with Crippen molar-refractivity contribution in [2.45, 2.75) is 27.2 Å². The highest BCUT2D eigenvalue weighted by atomic mass is 16.5. The lowest BCUT2D eigenvalue weighted by molar-refractivity contribution is 0.235. The molecule has 0 amide bonds. The highest BCUT2D eigenvalue weighted by Crippen LogP contribution is 2.32. The van der Waals surface area contributed by atoms with Crippen LogP contribution in [-0.4, -0.2) is 0 Å². The Morgan fingerprint density at radius 3 is 2.58 bits per heavy atom. The van der Waals surface area contributed by atoms with Crippen LogP contribution in [0, 0.1) is 16.7 Å². The Kier molecular flexibility index (Phi) is 2.23. The van der Waals surface area contributed by atoms with E-state index >= 15 is 0 Å². The lowest BCUT2D eigenvalue weighted by Crippen LogP contribution is -2.14. The average Bonchev–Trinajstić information content (AvgIpc) is 2.03. The molecule has 0 spiro atoms. The normalized spacial score (nSPS) is 17.2. The van der Waals surface area contributed by atoms with Crippen LogP contribution < -0.4 is 0 Å². The van der Waals surface area contributed by atoms with E-state index in [2.05, 4.69) is 6.07 Å². The van der Waals surface area contributed by atoms with Crippen molar-refractivity contribution >= 4 is 0 Å². The molecule has 0 aromatic carbocycles. The summed E-state index contributed by atoms with van der Waals surface area (Å²) < 4.78 is 5.32. The van der Waals surface area contributed by atoms with Gasteiger partial charge in [-0.2, -0.15) is 5.26 Å². The van der Waals surface area contributed by atoms with Gasteiger partial charge < -0.3 is 4.74 Å². The zero-order chi connectivity index (χ0) is 9.19. The lowest BCUT2D eigenvalue weighted by Gasteiger charge is -2.24. The summed E-state index contributed by atoms with van der Waals surface area (Å²) in [5.41, 5.74) is 0.667. The van der Waals surface area contributed by atoms with Crippen molar-refractivity contribution in [2.75, 3.05) is 0 Å². The fourth-order valence-electron chi connectivity index (χ4n) is 1.17. The van der Waals surface area contributed by atoms with Crippen LogP contribution in [0.2, 0.25) is 0 Å². The second kappa shape index (κ2) is 3.02. The third-order valence-corrected chi connectivity index (χ3v) is 1.69. The van der Waals surface area contributed by atoms with Crippen LogP contribution >= 0.6 is 0 Å². The van der Waals surface area contributed by atoms with E-state index in [1.807, 2.05) is 26.8 Å². The molecule has 2 heteroatoms. The van der Waals surface area contributed by atoms with Gasteiger partial charge >= 0.3 is 0 Å². The minimum absolute atomic E-state index is 0.0736. The summed E-state index contributed by atoms with van der Waals surface area (Å²) in [6.45, 7) is 6.12. The third kappa shape index (κ3) is 1.68. The lowest BCUT2D eigenvalue weighted by atomic mass is 9.89. The van der Waals surface area contributed by atoms with Crippen molar-refractivity contribution in [1.82, 2.24) is 0 Å². The Labute approximate surface area is 73.1 Å².